The van der Waals surface area contributed by atoms with Crippen molar-refractivity contribution in [2.75, 3.05) is 5.75 Å². The maximum atomic E-state index is 10.4. The molecule has 1 aliphatic rings. The number of allylic oxidation sites excluding steroid dienone is 1. The molecular formula is C6H8N2O3S. The van der Waals surface area contributed by atoms with Crippen molar-refractivity contribution < 1.29 is 9.72 Å². The summed E-state index contributed by atoms with van der Waals surface area (Å²) in [6.07, 6.45) is 1.09. The lowest BCUT2D eigenvalue weighted by atomic mass is 10.3. The predicted molar refractivity (Wildman–Crippen MR) is 44.9 cm³/mol. The van der Waals surface area contributed by atoms with Crippen LogP contribution in [-0.2, 0) is 4.79 Å². The third-order valence-electron chi connectivity index (χ3n) is 1.55. The van der Waals surface area contributed by atoms with Crippen molar-refractivity contribution in [2.24, 2.45) is 0 Å². The fourth-order valence-corrected chi connectivity index (χ4v) is 1.98. The summed E-state index contributed by atoms with van der Waals surface area (Å²) >= 11 is 1.14. The Bertz CT molecular complexity index is 231. The zero-order valence-corrected chi connectivity index (χ0v) is 7.12. The molecule has 0 saturated carbocycles. The minimum atomic E-state index is -0.983. The summed E-state index contributed by atoms with van der Waals surface area (Å²) in [7, 11) is 0. The van der Waals surface area contributed by atoms with Crippen molar-refractivity contribution in [1.29, 1.82) is 0 Å². The van der Waals surface area contributed by atoms with Gasteiger partial charge in [-0.1, -0.05) is 18.3 Å². The van der Waals surface area contributed by atoms with E-state index in [0.29, 0.717) is 24.3 Å². The molecule has 66 valence electrons. The van der Waals surface area contributed by atoms with E-state index in [1.54, 1.807) is 0 Å². The van der Waals surface area contributed by atoms with Gasteiger partial charge in [-0.05, 0) is 6.42 Å². The lowest BCUT2D eigenvalue weighted by Crippen LogP contribution is -2.39. The molecule has 0 aromatic rings. The van der Waals surface area contributed by atoms with Crippen molar-refractivity contribution in [2.45, 2.75) is 11.9 Å². The van der Waals surface area contributed by atoms with Crippen LogP contribution in [0.25, 0.3) is 0 Å². The molecule has 0 bridgehead atoms. The van der Waals surface area contributed by atoms with Gasteiger partial charge in [0.05, 0.1) is 4.92 Å². The molecule has 6 heteroatoms. The number of rotatable bonds is 2. The number of carbonyl (C=O) groups is 1. The average Bonchev–Trinajstić information content (AvgIpc) is 2.03. The minimum absolute atomic E-state index is 0.460. The number of hydrogen-bond acceptors (Lipinski definition) is 4. The second-order valence-corrected chi connectivity index (χ2v) is 3.47. The van der Waals surface area contributed by atoms with Crippen molar-refractivity contribution >= 4 is 18.2 Å². The Morgan fingerprint density at radius 3 is 2.92 bits per heavy atom. The molecule has 0 aromatic heterocycles. The average molecular weight is 188 g/mol. The Hall–Kier alpha value is -1.04. The van der Waals surface area contributed by atoms with E-state index < -0.39 is 10.4 Å². The molecule has 1 amide bonds. The van der Waals surface area contributed by atoms with Gasteiger partial charge in [0.25, 0.3) is 0 Å². The number of amides is 1. The van der Waals surface area contributed by atoms with Gasteiger partial charge >= 0.3 is 5.50 Å². The van der Waals surface area contributed by atoms with Gasteiger partial charge in [-0.25, -0.2) is 4.90 Å². The molecule has 0 spiro atoms. The Labute approximate surface area is 73.6 Å². The van der Waals surface area contributed by atoms with Gasteiger partial charge in [0.2, 0.25) is 6.41 Å². The van der Waals surface area contributed by atoms with E-state index in [1.165, 1.54) is 0 Å². The SMILES string of the molecule is C=C1CCSC([N+](=O)[O-])N1C=O. The highest BCUT2D eigenvalue weighted by atomic mass is 32.2. The number of nitrogens with zero attached hydrogens (tertiary/aromatic N) is 2. The molecule has 5 nitrogen and oxygen atoms in total. The van der Waals surface area contributed by atoms with Crippen molar-refractivity contribution in [3.8, 4) is 0 Å². The summed E-state index contributed by atoms with van der Waals surface area (Å²) in [5.74, 6) is 0.648. The smallest absolute Gasteiger partial charge is 0.278 e. The summed E-state index contributed by atoms with van der Waals surface area (Å²) in [6.45, 7) is 3.58. The molecule has 0 aromatic carbocycles. The van der Waals surface area contributed by atoms with Crippen LogP contribution in [0.15, 0.2) is 12.3 Å². The third-order valence-corrected chi connectivity index (χ3v) is 2.69. The lowest BCUT2D eigenvalue weighted by Gasteiger charge is -2.26. The summed E-state index contributed by atoms with van der Waals surface area (Å²) in [4.78, 5) is 21.4. The number of nitro groups is 1. The molecule has 0 radical (unpaired) electrons. The van der Waals surface area contributed by atoms with Crippen molar-refractivity contribution in [3.05, 3.63) is 22.4 Å². The molecular weight excluding hydrogens is 180 g/mol. The van der Waals surface area contributed by atoms with Crippen LogP contribution in [-0.4, -0.2) is 27.5 Å². The second kappa shape index (κ2) is 3.57. The summed E-state index contributed by atoms with van der Waals surface area (Å²) in [5, 5.41) is 10.4. The monoisotopic (exact) mass is 188 g/mol. The van der Waals surface area contributed by atoms with Crippen LogP contribution in [0.4, 0.5) is 0 Å². The van der Waals surface area contributed by atoms with Crippen LogP contribution in [0.5, 0.6) is 0 Å². The van der Waals surface area contributed by atoms with Crippen LogP contribution < -0.4 is 0 Å². The number of hydrogen-bond donors (Lipinski definition) is 0. The van der Waals surface area contributed by atoms with Gasteiger partial charge in [-0.15, -0.1) is 0 Å². The Balaban J connectivity index is 2.77. The fraction of sp³-hybridized carbons (Fsp3) is 0.500. The van der Waals surface area contributed by atoms with Gasteiger partial charge in [-0.2, -0.15) is 0 Å². The normalized spacial score (nSPS) is 23.8. The molecule has 1 heterocycles. The van der Waals surface area contributed by atoms with Crippen LogP contribution in [0.1, 0.15) is 6.42 Å². The van der Waals surface area contributed by atoms with Gasteiger partial charge < -0.3 is 0 Å². The zero-order chi connectivity index (χ0) is 9.14. The first-order chi connectivity index (χ1) is 5.66. The van der Waals surface area contributed by atoms with E-state index in [9.17, 15) is 14.9 Å². The topological polar surface area (TPSA) is 63.5 Å². The Morgan fingerprint density at radius 1 is 1.83 bits per heavy atom. The van der Waals surface area contributed by atoms with Crippen molar-refractivity contribution in [3.63, 3.8) is 0 Å². The maximum Gasteiger partial charge on any atom is 0.340 e. The largest absolute Gasteiger partial charge is 0.340 e. The van der Waals surface area contributed by atoms with E-state index >= 15 is 0 Å². The van der Waals surface area contributed by atoms with Crippen molar-refractivity contribution in [1.82, 2.24) is 4.90 Å². The van der Waals surface area contributed by atoms with E-state index in [2.05, 4.69) is 6.58 Å². The first-order valence-electron chi connectivity index (χ1n) is 3.33. The number of thioether (sulfide) groups is 1. The van der Waals surface area contributed by atoms with Crippen LogP contribution in [0.3, 0.4) is 0 Å². The molecule has 1 rings (SSSR count). The van der Waals surface area contributed by atoms with Crippen LogP contribution in [0.2, 0.25) is 0 Å². The third kappa shape index (κ3) is 1.58. The van der Waals surface area contributed by atoms with Crippen LogP contribution in [0, 0.1) is 10.1 Å². The molecule has 1 aliphatic heterocycles. The molecule has 0 aliphatic carbocycles. The molecule has 0 N–H and O–H groups in total. The van der Waals surface area contributed by atoms with E-state index in [4.69, 9.17) is 0 Å². The second-order valence-electron chi connectivity index (χ2n) is 2.31. The molecule has 1 unspecified atom stereocenters. The maximum absolute atomic E-state index is 10.4. The fourth-order valence-electron chi connectivity index (χ4n) is 0.937. The highest BCUT2D eigenvalue weighted by Crippen LogP contribution is 2.27. The zero-order valence-electron chi connectivity index (χ0n) is 6.30. The predicted octanol–water partition coefficient (Wildman–Crippen LogP) is 0.656. The molecule has 1 atom stereocenters. The van der Waals surface area contributed by atoms with Gasteiger partial charge in [0.1, 0.15) is 0 Å². The molecule has 1 saturated heterocycles. The highest BCUT2D eigenvalue weighted by molar-refractivity contribution is 7.99. The molecule has 12 heavy (non-hydrogen) atoms. The highest BCUT2D eigenvalue weighted by Gasteiger charge is 2.33. The lowest BCUT2D eigenvalue weighted by molar-refractivity contribution is -0.514. The first-order valence-corrected chi connectivity index (χ1v) is 4.38. The van der Waals surface area contributed by atoms with E-state index in [-0.39, 0.29) is 0 Å². The van der Waals surface area contributed by atoms with E-state index in [0.717, 1.165) is 16.7 Å². The molecule has 1 fully saturated rings. The van der Waals surface area contributed by atoms with Gasteiger partial charge in [0.15, 0.2) is 0 Å². The quantitative estimate of drug-likeness (QED) is 0.362. The Morgan fingerprint density at radius 2 is 2.50 bits per heavy atom. The summed E-state index contributed by atoms with van der Waals surface area (Å²) in [5.41, 5.74) is -0.464. The van der Waals surface area contributed by atoms with E-state index in [1.807, 2.05) is 0 Å². The minimum Gasteiger partial charge on any atom is -0.278 e. The first kappa shape index (κ1) is 9.05. The summed E-state index contributed by atoms with van der Waals surface area (Å²) < 4.78 is 0. The Kier molecular flexibility index (Phi) is 2.69. The number of carbonyl (C=O) groups excluding carboxylic acids is 1. The standard InChI is InChI=1S/C6H8N2O3S/c1-5-2-3-12-6(8(10)11)7(5)4-9/h4,6H,1-3H2. The van der Waals surface area contributed by atoms with Gasteiger partial charge in [-0.3, -0.25) is 14.9 Å². The van der Waals surface area contributed by atoms with Gasteiger partial charge in [0, 0.05) is 11.4 Å². The summed E-state index contributed by atoms with van der Waals surface area (Å²) in [6, 6.07) is 0. The van der Waals surface area contributed by atoms with Crippen LogP contribution >= 0.6 is 11.8 Å².